The normalized spacial score (nSPS) is 10.4. The SMILES string of the molecule is CCCN(CC(=O)OC)C(=O)c1ccnc2ccccc12. The Morgan fingerprint density at radius 1 is 1.24 bits per heavy atom. The summed E-state index contributed by atoms with van der Waals surface area (Å²) in [5.41, 5.74) is 1.32. The second kappa shape index (κ2) is 6.83. The number of carbonyl (C=O) groups is 2. The van der Waals surface area contributed by atoms with Crippen LogP contribution >= 0.6 is 0 Å². The summed E-state index contributed by atoms with van der Waals surface area (Å²) in [7, 11) is 1.32. The van der Waals surface area contributed by atoms with Gasteiger partial charge in [0.1, 0.15) is 6.54 Å². The van der Waals surface area contributed by atoms with E-state index in [0.717, 1.165) is 17.3 Å². The van der Waals surface area contributed by atoms with E-state index in [1.54, 1.807) is 12.3 Å². The van der Waals surface area contributed by atoms with E-state index < -0.39 is 5.97 Å². The first kappa shape index (κ1) is 15.0. The predicted molar refractivity (Wildman–Crippen MR) is 80.0 cm³/mol. The average Bonchev–Trinajstić information content (AvgIpc) is 2.53. The molecule has 21 heavy (non-hydrogen) atoms. The van der Waals surface area contributed by atoms with Crippen molar-refractivity contribution in [2.24, 2.45) is 0 Å². The van der Waals surface area contributed by atoms with Crippen molar-refractivity contribution in [3.63, 3.8) is 0 Å². The quantitative estimate of drug-likeness (QED) is 0.791. The van der Waals surface area contributed by atoms with Gasteiger partial charge in [-0.3, -0.25) is 14.6 Å². The molecule has 0 aliphatic carbocycles. The minimum atomic E-state index is -0.421. The zero-order valence-corrected chi connectivity index (χ0v) is 12.2. The van der Waals surface area contributed by atoms with Crippen molar-refractivity contribution in [3.8, 4) is 0 Å². The molecule has 0 fully saturated rings. The molecule has 1 aromatic heterocycles. The zero-order valence-electron chi connectivity index (χ0n) is 12.2. The third-order valence-electron chi connectivity index (χ3n) is 3.21. The van der Waals surface area contributed by atoms with Crippen molar-refractivity contribution < 1.29 is 14.3 Å². The number of pyridine rings is 1. The maximum absolute atomic E-state index is 12.7. The molecular weight excluding hydrogens is 268 g/mol. The first-order valence-corrected chi connectivity index (χ1v) is 6.87. The molecule has 0 saturated carbocycles. The number of benzene rings is 1. The molecule has 5 heteroatoms. The molecule has 110 valence electrons. The molecule has 2 aromatic rings. The number of hydrogen-bond donors (Lipinski definition) is 0. The van der Waals surface area contributed by atoms with Crippen LogP contribution in [0.1, 0.15) is 23.7 Å². The Hall–Kier alpha value is -2.43. The summed E-state index contributed by atoms with van der Waals surface area (Å²) in [6, 6.07) is 9.14. The van der Waals surface area contributed by atoms with Crippen LogP contribution in [0.2, 0.25) is 0 Å². The van der Waals surface area contributed by atoms with Gasteiger partial charge in [0.2, 0.25) is 0 Å². The summed E-state index contributed by atoms with van der Waals surface area (Å²) in [5, 5.41) is 0.788. The van der Waals surface area contributed by atoms with Gasteiger partial charge in [0.05, 0.1) is 18.2 Å². The van der Waals surface area contributed by atoms with Crippen molar-refractivity contribution in [2.45, 2.75) is 13.3 Å². The van der Waals surface area contributed by atoms with E-state index >= 15 is 0 Å². The molecule has 0 unspecified atom stereocenters. The van der Waals surface area contributed by atoms with Crippen LogP contribution in [0.25, 0.3) is 10.9 Å². The summed E-state index contributed by atoms with van der Waals surface area (Å²) < 4.78 is 4.66. The highest BCUT2D eigenvalue weighted by molar-refractivity contribution is 6.06. The summed E-state index contributed by atoms with van der Waals surface area (Å²) in [5.74, 6) is -0.601. The Bertz CT molecular complexity index is 650. The second-order valence-electron chi connectivity index (χ2n) is 4.68. The van der Waals surface area contributed by atoms with Crippen molar-refractivity contribution in [1.29, 1.82) is 0 Å². The molecule has 0 N–H and O–H groups in total. The molecule has 5 nitrogen and oxygen atoms in total. The molecule has 1 aromatic carbocycles. The molecule has 2 rings (SSSR count). The van der Waals surface area contributed by atoms with Crippen LogP contribution in [0, 0.1) is 0 Å². The molecule has 1 amide bonds. The Morgan fingerprint density at radius 2 is 2.00 bits per heavy atom. The lowest BCUT2D eigenvalue weighted by molar-refractivity contribution is -0.141. The molecule has 1 heterocycles. The number of carbonyl (C=O) groups excluding carboxylic acids is 2. The monoisotopic (exact) mass is 286 g/mol. The van der Waals surface area contributed by atoms with Crippen LogP contribution in [0.4, 0.5) is 0 Å². The van der Waals surface area contributed by atoms with Gasteiger partial charge >= 0.3 is 5.97 Å². The van der Waals surface area contributed by atoms with Crippen LogP contribution < -0.4 is 0 Å². The summed E-state index contributed by atoms with van der Waals surface area (Å²) >= 11 is 0. The lowest BCUT2D eigenvalue weighted by Gasteiger charge is -2.21. The number of nitrogens with zero attached hydrogens (tertiary/aromatic N) is 2. The van der Waals surface area contributed by atoms with Gasteiger partial charge in [0.15, 0.2) is 0 Å². The van der Waals surface area contributed by atoms with Gasteiger partial charge in [-0.05, 0) is 18.6 Å². The first-order valence-electron chi connectivity index (χ1n) is 6.87. The number of para-hydroxylation sites is 1. The highest BCUT2D eigenvalue weighted by atomic mass is 16.5. The molecule has 0 aliphatic heterocycles. The average molecular weight is 286 g/mol. The molecular formula is C16H18N2O3. The van der Waals surface area contributed by atoms with E-state index in [1.807, 2.05) is 31.2 Å². The van der Waals surface area contributed by atoms with Crippen LogP contribution in [-0.2, 0) is 9.53 Å². The molecule has 0 radical (unpaired) electrons. The van der Waals surface area contributed by atoms with E-state index in [0.29, 0.717) is 12.1 Å². The van der Waals surface area contributed by atoms with E-state index in [4.69, 9.17) is 0 Å². The van der Waals surface area contributed by atoms with Gasteiger partial charge in [-0.15, -0.1) is 0 Å². The van der Waals surface area contributed by atoms with Gasteiger partial charge < -0.3 is 9.64 Å². The summed E-state index contributed by atoms with van der Waals surface area (Å²) in [6.45, 7) is 2.42. The van der Waals surface area contributed by atoms with Crippen molar-refractivity contribution in [2.75, 3.05) is 20.2 Å². The third kappa shape index (κ3) is 3.37. The van der Waals surface area contributed by atoms with Crippen LogP contribution in [0.5, 0.6) is 0 Å². The lowest BCUT2D eigenvalue weighted by Crippen LogP contribution is -2.36. The van der Waals surface area contributed by atoms with Crippen molar-refractivity contribution in [3.05, 3.63) is 42.1 Å². The number of amides is 1. The zero-order chi connectivity index (χ0) is 15.2. The number of fused-ring (bicyclic) bond motifs is 1. The summed E-state index contributed by atoms with van der Waals surface area (Å²) in [4.78, 5) is 29.9. The topological polar surface area (TPSA) is 59.5 Å². The predicted octanol–water partition coefficient (Wildman–Crippen LogP) is 2.26. The number of methoxy groups -OCH3 is 1. The van der Waals surface area contributed by atoms with Crippen LogP contribution in [-0.4, -0.2) is 42.0 Å². The molecule has 0 aliphatic rings. The van der Waals surface area contributed by atoms with Crippen LogP contribution in [0.3, 0.4) is 0 Å². The fourth-order valence-electron chi connectivity index (χ4n) is 2.20. The maximum Gasteiger partial charge on any atom is 0.325 e. The second-order valence-corrected chi connectivity index (χ2v) is 4.68. The first-order chi connectivity index (χ1) is 10.2. The van der Waals surface area contributed by atoms with Gasteiger partial charge in [-0.25, -0.2) is 0 Å². The Kier molecular flexibility index (Phi) is 4.87. The smallest absolute Gasteiger partial charge is 0.325 e. The molecule has 0 bridgehead atoms. The highest BCUT2D eigenvalue weighted by Gasteiger charge is 2.20. The van der Waals surface area contributed by atoms with Crippen LogP contribution in [0.15, 0.2) is 36.5 Å². The molecule has 0 atom stereocenters. The fraction of sp³-hybridized carbons (Fsp3) is 0.312. The minimum Gasteiger partial charge on any atom is -0.468 e. The number of ether oxygens (including phenoxy) is 1. The van der Waals surface area contributed by atoms with E-state index in [2.05, 4.69) is 9.72 Å². The highest BCUT2D eigenvalue weighted by Crippen LogP contribution is 2.18. The Morgan fingerprint density at radius 3 is 2.71 bits per heavy atom. The van der Waals surface area contributed by atoms with E-state index in [-0.39, 0.29) is 12.5 Å². The van der Waals surface area contributed by atoms with Gasteiger partial charge in [-0.2, -0.15) is 0 Å². The number of rotatable bonds is 5. The van der Waals surface area contributed by atoms with E-state index in [9.17, 15) is 9.59 Å². The number of aromatic nitrogens is 1. The largest absolute Gasteiger partial charge is 0.468 e. The van der Waals surface area contributed by atoms with Crippen molar-refractivity contribution >= 4 is 22.8 Å². The number of esters is 1. The minimum absolute atomic E-state index is 0.0418. The Balaban J connectivity index is 2.36. The maximum atomic E-state index is 12.7. The fourth-order valence-corrected chi connectivity index (χ4v) is 2.20. The number of hydrogen-bond acceptors (Lipinski definition) is 4. The lowest BCUT2D eigenvalue weighted by atomic mass is 10.1. The molecule has 0 saturated heterocycles. The van der Waals surface area contributed by atoms with Gasteiger partial charge in [0, 0.05) is 18.1 Å². The van der Waals surface area contributed by atoms with Gasteiger partial charge in [0.25, 0.3) is 5.91 Å². The van der Waals surface area contributed by atoms with Crippen molar-refractivity contribution in [1.82, 2.24) is 9.88 Å². The summed E-state index contributed by atoms with van der Waals surface area (Å²) in [6.07, 6.45) is 2.38. The third-order valence-corrected chi connectivity index (χ3v) is 3.21. The van der Waals surface area contributed by atoms with Gasteiger partial charge in [-0.1, -0.05) is 25.1 Å². The van der Waals surface area contributed by atoms with E-state index in [1.165, 1.54) is 12.0 Å². The Labute approximate surface area is 123 Å². The molecule has 0 spiro atoms. The standard InChI is InChI=1S/C16H18N2O3/c1-3-10-18(11-15(19)21-2)16(20)13-8-9-17-14-7-5-4-6-12(13)14/h4-9H,3,10-11H2,1-2H3.